The molecule has 1 aromatic carbocycles. The number of benzene rings is 1. The summed E-state index contributed by atoms with van der Waals surface area (Å²) in [6.07, 6.45) is -0.430. The Labute approximate surface area is 86.8 Å². The highest BCUT2D eigenvalue weighted by Gasteiger charge is 2.32. The van der Waals surface area contributed by atoms with E-state index in [0.717, 1.165) is 5.56 Å². The number of carbonyl (C=O) groups excluding carboxylic acids is 2. The summed E-state index contributed by atoms with van der Waals surface area (Å²) in [7, 11) is 1.31. The Morgan fingerprint density at radius 1 is 1.47 bits per heavy atom. The molecule has 15 heavy (non-hydrogen) atoms. The van der Waals surface area contributed by atoms with Crippen LogP contribution in [0.1, 0.15) is 28.4 Å². The third-order valence-corrected chi connectivity index (χ3v) is 2.36. The average molecular weight is 206 g/mol. The maximum atomic E-state index is 11.4. The highest BCUT2D eigenvalue weighted by Crippen LogP contribution is 2.32. The molecular formula is C11H10O4. The van der Waals surface area contributed by atoms with E-state index >= 15 is 0 Å². The molecule has 0 fully saturated rings. The molecule has 0 bridgehead atoms. The highest BCUT2D eigenvalue weighted by atomic mass is 16.6. The van der Waals surface area contributed by atoms with Gasteiger partial charge in [0.2, 0.25) is 0 Å². The lowest BCUT2D eigenvalue weighted by atomic mass is 10.0. The Bertz CT molecular complexity index is 411. The molecule has 0 amide bonds. The lowest BCUT2D eigenvalue weighted by Crippen LogP contribution is -2.08. The third kappa shape index (κ3) is 1.70. The Kier molecular flexibility index (Phi) is 2.41. The minimum atomic E-state index is -0.499. The van der Waals surface area contributed by atoms with Crippen molar-refractivity contribution in [3.05, 3.63) is 35.4 Å². The van der Waals surface area contributed by atoms with E-state index < -0.39 is 6.10 Å². The predicted octanol–water partition coefficient (Wildman–Crippen LogP) is 1.46. The molecule has 0 spiro atoms. The van der Waals surface area contributed by atoms with Gasteiger partial charge in [0, 0.05) is 5.56 Å². The molecule has 4 heteroatoms. The van der Waals surface area contributed by atoms with Gasteiger partial charge < -0.3 is 9.47 Å². The van der Waals surface area contributed by atoms with E-state index in [4.69, 9.17) is 4.74 Å². The van der Waals surface area contributed by atoms with E-state index in [1.807, 2.05) is 6.07 Å². The molecule has 1 aromatic rings. The highest BCUT2D eigenvalue weighted by molar-refractivity contribution is 5.94. The zero-order valence-corrected chi connectivity index (χ0v) is 8.23. The monoisotopic (exact) mass is 206 g/mol. The van der Waals surface area contributed by atoms with Crippen molar-refractivity contribution < 1.29 is 19.1 Å². The minimum absolute atomic E-state index is 0.0687. The summed E-state index contributed by atoms with van der Waals surface area (Å²) < 4.78 is 9.60. The molecule has 0 radical (unpaired) electrons. The van der Waals surface area contributed by atoms with Crippen LogP contribution in [0.5, 0.6) is 0 Å². The van der Waals surface area contributed by atoms with E-state index in [9.17, 15) is 9.59 Å². The molecule has 0 aliphatic carbocycles. The third-order valence-electron chi connectivity index (χ3n) is 2.36. The van der Waals surface area contributed by atoms with Crippen LogP contribution in [0.2, 0.25) is 0 Å². The second kappa shape index (κ2) is 3.73. The predicted molar refractivity (Wildman–Crippen MR) is 51.2 cm³/mol. The van der Waals surface area contributed by atoms with Gasteiger partial charge in [0.05, 0.1) is 19.1 Å². The SMILES string of the molecule is COC(=O)C[C@@H]1OC(=O)c2ccccc21. The normalized spacial score (nSPS) is 18.2. The fraction of sp³-hybridized carbons (Fsp3) is 0.273. The number of ether oxygens (including phenoxy) is 2. The van der Waals surface area contributed by atoms with Gasteiger partial charge in [-0.05, 0) is 6.07 Å². The van der Waals surface area contributed by atoms with Gasteiger partial charge in [-0.3, -0.25) is 4.79 Å². The van der Waals surface area contributed by atoms with Crippen LogP contribution in [0.4, 0.5) is 0 Å². The van der Waals surface area contributed by atoms with Crippen LogP contribution in [0.3, 0.4) is 0 Å². The molecule has 4 nitrogen and oxygen atoms in total. The van der Waals surface area contributed by atoms with E-state index in [-0.39, 0.29) is 18.4 Å². The first-order valence-electron chi connectivity index (χ1n) is 4.59. The number of cyclic esters (lactones) is 1. The van der Waals surface area contributed by atoms with Crippen molar-refractivity contribution in [2.75, 3.05) is 7.11 Å². The molecule has 2 rings (SSSR count). The summed E-state index contributed by atoms with van der Waals surface area (Å²) in [5, 5.41) is 0. The van der Waals surface area contributed by atoms with Crippen LogP contribution in [0.15, 0.2) is 24.3 Å². The maximum Gasteiger partial charge on any atom is 0.339 e. The number of hydrogen-bond donors (Lipinski definition) is 0. The molecule has 1 heterocycles. The number of esters is 2. The van der Waals surface area contributed by atoms with E-state index in [1.165, 1.54) is 7.11 Å². The van der Waals surface area contributed by atoms with E-state index in [0.29, 0.717) is 5.56 Å². The number of methoxy groups -OCH3 is 1. The topological polar surface area (TPSA) is 52.6 Å². The summed E-state index contributed by atoms with van der Waals surface area (Å²) in [6, 6.07) is 7.05. The average Bonchev–Trinajstić information content (AvgIpc) is 2.57. The molecule has 0 unspecified atom stereocenters. The number of hydrogen-bond acceptors (Lipinski definition) is 4. The molecule has 0 aromatic heterocycles. The van der Waals surface area contributed by atoms with Gasteiger partial charge >= 0.3 is 11.9 Å². The van der Waals surface area contributed by atoms with Crippen molar-refractivity contribution in [2.24, 2.45) is 0 Å². The van der Waals surface area contributed by atoms with Crippen molar-refractivity contribution in [1.29, 1.82) is 0 Å². The molecule has 0 saturated carbocycles. The second-order valence-electron chi connectivity index (χ2n) is 3.26. The molecule has 1 aliphatic rings. The Hall–Kier alpha value is -1.84. The largest absolute Gasteiger partial charge is 0.469 e. The fourth-order valence-corrected chi connectivity index (χ4v) is 1.61. The zero-order chi connectivity index (χ0) is 10.8. The number of fused-ring (bicyclic) bond motifs is 1. The van der Waals surface area contributed by atoms with Gasteiger partial charge in [-0.25, -0.2) is 4.79 Å². The Morgan fingerprint density at radius 2 is 2.20 bits per heavy atom. The Balaban J connectivity index is 2.25. The van der Waals surface area contributed by atoms with Gasteiger partial charge in [0.1, 0.15) is 6.10 Å². The summed E-state index contributed by atoms with van der Waals surface area (Å²) in [5.41, 5.74) is 1.29. The summed E-state index contributed by atoms with van der Waals surface area (Å²) in [5.74, 6) is -0.760. The van der Waals surface area contributed by atoms with Crippen molar-refractivity contribution in [1.82, 2.24) is 0 Å². The van der Waals surface area contributed by atoms with Gasteiger partial charge in [0.15, 0.2) is 0 Å². The fourth-order valence-electron chi connectivity index (χ4n) is 1.61. The van der Waals surface area contributed by atoms with Gasteiger partial charge in [-0.15, -0.1) is 0 Å². The number of rotatable bonds is 2. The van der Waals surface area contributed by atoms with E-state index in [2.05, 4.69) is 4.74 Å². The molecule has 0 N–H and O–H groups in total. The van der Waals surface area contributed by atoms with Crippen molar-refractivity contribution >= 4 is 11.9 Å². The first kappa shape index (κ1) is 9.71. The van der Waals surface area contributed by atoms with Crippen LogP contribution in [-0.4, -0.2) is 19.0 Å². The first-order chi connectivity index (χ1) is 7.22. The molecule has 1 aliphatic heterocycles. The maximum absolute atomic E-state index is 11.4. The molecule has 1 atom stereocenters. The van der Waals surface area contributed by atoms with Crippen LogP contribution >= 0.6 is 0 Å². The summed E-state index contributed by atoms with van der Waals surface area (Å²) in [4.78, 5) is 22.4. The van der Waals surface area contributed by atoms with Crippen molar-refractivity contribution in [2.45, 2.75) is 12.5 Å². The smallest absolute Gasteiger partial charge is 0.339 e. The standard InChI is InChI=1S/C11H10O4/c1-14-10(12)6-9-7-4-2-3-5-8(7)11(13)15-9/h2-5,9H,6H2,1H3/t9-/m0/s1. The second-order valence-corrected chi connectivity index (χ2v) is 3.26. The van der Waals surface area contributed by atoms with Gasteiger partial charge in [-0.2, -0.15) is 0 Å². The van der Waals surface area contributed by atoms with Gasteiger partial charge in [0.25, 0.3) is 0 Å². The lowest BCUT2D eigenvalue weighted by molar-refractivity contribution is -0.142. The first-order valence-corrected chi connectivity index (χ1v) is 4.59. The lowest BCUT2D eigenvalue weighted by Gasteiger charge is -2.08. The van der Waals surface area contributed by atoms with Gasteiger partial charge in [-0.1, -0.05) is 18.2 Å². The summed E-state index contributed by atoms with van der Waals surface area (Å²) >= 11 is 0. The Morgan fingerprint density at radius 3 is 2.93 bits per heavy atom. The van der Waals surface area contributed by atoms with Crippen LogP contribution in [0, 0.1) is 0 Å². The van der Waals surface area contributed by atoms with Crippen LogP contribution in [-0.2, 0) is 14.3 Å². The molecule has 78 valence electrons. The van der Waals surface area contributed by atoms with Crippen molar-refractivity contribution in [3.63, 3.8) is 0 Å². The van der Waals surface area contributed by atoms with Crippen LogP contribution < -0.4 is 0 Å². The quantitative estimate of drug-likeness (QED) is 0.687. The zero-order valence-electron chi connectivity index (χ0n) is 8.23. The van der Waals surface area contributed by atoms with Crippen LogP contribution in [0.25, 0.3) is 0 Å². The van der Waals surface area contributed by atoms with E-state index in [1.54, 1.807) is 18.2 Å². The minimum Gasteiger partial charge on any atom is -0.469 e. The summed E-state index contributed by atoms with van der Waals surface area (Å²) in [6.45, 7) is 0. The van der Waals surface area contributed by atoms with Crippen molar-refractivity contribution in [3.8, 4) is 0 Å². The molecular weight excluding hydrogens is 196 g/mol. The molecule has 0 saturated heterocycles. The number of carbonyl (C=O) groups is 2.